The van der Waals surface area contributed by atoms with Crippen LogP contribution >= 0.6 is 0 Å². The first-order valence-corrected chi connectivity index (χ1v) is 10.9. The monoisotopic (exact) mass is 396 g/mol. The lowest BCUT2D eigenvalue weighted by atomic mass is 9.73. The minimum absolute atomic E-state index is 0.156. The van der Waals surface area contributed by atoms with Crippen LogP contribution in [-0.4, -0.2) is 42.1 Å². The number of sulfonamides is 1. The van der Waals surface area contributed by atoms with Gasteiger partial charge in [0.2, 0.25) is 10.0 Å². The molecular weight excluding hydrogens is 372 g/mol. The maximum atomic E-state index is 13.1. The van der Waals surface area contributed by atoms with E-state index in [0.717, 1.165) is 18.5 Å². The number of rotatable bonds is 5. The van der Waals surface area contributed by atoms with Crippen molar-refractivity contribution in [2.24, 2.45) is 5.73 Å². The molecule has 28 heavy (non-hydrogen) atoms. The van der Waals surface area contributed by atoms with Gasteiger partial charge in [-0.05, 0) is 48.7 Å². The Morgan fingerprint density at radius 1 is 0.964 bits per heavy atom. The summed E-state index contributed by atoms with van der Waals surface area (Å²) < 4.78 is 29.5. The Bertz CT molecular complexity index is 1010. The molecule has 1 aromatic heterocycles. The Morgan fingerprint density at radius 2 is 1.64 bits per heavy atom. The van der Waals surface area contributed by atoms with E-state index in [0.29, 0.717) is 24.5 Å². The van der Waals surface area contributed by atoms with Crippen molar-refractivity contribution in [2.45, 2.75) is 23.2 Å². The van der Waals surface area contributed by atoms with Crippen LogP contribution in [0.15, 0.2) is 78.0 Å². The standard InChI is InChI=1S/C21H24N4O2S/c22-17-21(18-5-2-1-3-6-18)11-15-24(16-12-21)28(26,27)20-9-7-19(8-10-20)25-14-4-13-23-25/h1-10,13-14H,11-12,15-17,22H2. The lowest BCUT2D eigenvalue weighted by Gasteiger charge is -2.41. The average Bonchev–Trinajstić information content (AvgIpc) is 3.29. The normalized spacial score (nSPS) is 17.5. The molecule has 7 heteroatoms. The summed E-state index contributed by atoms with van der Waals surface area (Å²) in [7, 11) is -3.53. The van der Waals surface area contributed by atoms with Gasteiger partial charge < -0.3 is 5.73 Å². The van der Waals surface area contributed by atoms with Crippen molar-refractivity contribution < 1.29 is 8.42 Å². The van der Waals surface area contributed by atoms with Crippen molar-refractivity contribution in [1.29, 1.82) is 0 Å². The molecular formula is C21H24N4O2S. The first-order chi connectivity index (χ1) is 13.5. The van der Waals surface area contributed by atoms with E-state index in [4.69, 9.17) is 5.73 Å². The van der Waals surface area contributed by atoms with Crippen LogP contribution in [0.4, 0.5) is 0 Å². The Hall–Kier alpha value is -2.48. The molecule has 2 aromatic carbocycles. The molecule has 1 saturated heterocycles. The average molecular weight is 397 g/mol. The van der Waals surface area contributed by atoms with Gasteiger partial charge in [-0.3, -0.25) is 0 Å². The van der Waals surface area contributed by atoms with Crippen LogP contribution < -0.4 is 5.73 Å². The second-order valence-corrected chi connectivity index (χ2v) is 9.14. The fraction of sp³-hybridized carbons (Fsp3) is 0.286. The Kier molecular flexibility index (Phi) is 5.05. The molecule has 0 bridgehead atoms. The third-order valence-corrected chi connectivity index (χ3v) is 7.61. The fourth-order valence-corrected chi connectivity index (χ4v) is 5.34. The predicted octanol–water partition coefficient (Wildman–Crippen LogP) is 2.55. The topological polar surface area (TPSA) is 81.2 Å². The summed E-state index contributed by atoms with van der Waals surface area (Å²) >= 11 is 0. The molecule has 0 aliphatic carbocycles. The van der Waals surface area contributed by atoms with Crippen molar-refractivity contribution in [3.8, 4) is 5.69 Å². The molecule has 0 saturated carbocycles. The maximum absolute atomic E-state index is 13.1. The number of hydrogen-bond acceptors (Lipinski definition) is 4. The Labute approximate surface area is 165 Å². The molecule has 4 rings (SSSR count). The maximum Gasteiger partial charge on any atom is 0.243 e. The van der Waals surface area contributed by atoms with Gasteiger partial charge >= 0.3 is 0 Å². The van der Waals surface area contributed by atoms with E-state index in [9.17, 15) is 8.42 Å². The molecule has 0 unspecified atom stereocenters. The number of aromatic nitrogens is 2. The third kappa shape index (κ3) is 3.37. The van der Waals surface area contributed by atoms with Crippen molar-refractivity contribution in [2.75, 3.05) is 19.6 Å². The van der Waals surface area contributed by atoms with E-state index in [1.807, 2.05) is 30.5 Å². The molecule has 6 nitrogen and oxygen atoms in total. The van der Waals surface area contributed by atoms with Crippen molar-refractivity contribution in [3.63, 3.8) is 0 Å². The number of nitrogens with two attached hydrogens (primary N) is 1. The summed E-state index contributed by atoms with van der Waals surface area (Å²) in [6, 6.07) is 18.9. The zero-order valence-corrected chi connectivity index (χ0v) is 16.4. The summed E-state index contributed by atoms with van der Waals surface area (Å²) in [5.41, 5.74) is 7.99. The molecule has 1 fully saturated rings. The highest BCUT2D eigenvalue weighted by Gasteiger charge is 2.38. The Morgan fingerprint density at radius 3 is 2.21 bits per heavy atom. The van der Waals surface area contributed by atoms with Gasteiger partial charge in [0, 0.05) is 37.4 Å². The molecule has 1 aliphatic rings. The molecule has 0 atom stereocenters. The number of nitrogens with zero attached hydrogens (tertiary/aromatic N) is 3. The van der Waals surface area contributed by atoms with Gasteiger partial charge in [0.1, 0.15) is 0 Å². The summed E-state index contributed by atoms with van der Waals surface area (Å²) in [6.45, 7) is 1.45. The van der Waals surface area contributed by atoms with Gasteiger partial charge in [-0.2, -0.15) is 9.40 Å². The van der Waals surface area contributed by atoms with E-state index in [1.54, 1.807) is 39.4 Å². The minimum atomic E-state index is -3.53. The molecule has 0 radical (unpaired) electrons. The van der Waals surface area contributed by atoms with Crippen LogP contribution in [0.2, 0.25) is 0 Å². The molecule has 2 N–H and O–H groups in total. The van der Waals surface area contributed by atoms with Gasteiger partial charge in [0.15, 0.2) is 0 Å². The van der Waals surface area contributed by atoms with Gasteiger partial charge in [-0.15, -0.1) is 0 Å². The zero-order valence-electron chi connectivity index (χ0n) is 15.6. The molecule has 3 aromatic rings. The largest absolute Gasteiger partial charge is 0.330 e. The molecule has 2 heterocycles. The van der Waals surface area contributed by atoms with Gasteiger partial charge in [0.25, 0.3) is 0 Å². The van der Waals surface area contributed by atoms with E-state index >= 15 is 0 Å². The quantitative estimate of drug-likeness (QED) is 0.719. The number of benzene rings is 2. The van der Waals surface area contributed by atoms with Gasteiger partial charge in [-0.25, -0.2) is 13.1 Å². The van der Waals surface area contributed by atoms with Crippen molar-refractivity contribution in [1.82, 2.24) is 14.1 Å². The van der Waals surface area contributed by atoms with Crippen LogP contribution in [-0.2, 0) is 15.4 Å². The molecule has 0 amide bonds. The van der Waals surface area contributed by atoms with Gasteiger partial charge in [-0.1, -0.05) is 30.3 Å². The lowest BCUT2D eigenvalue weighted by molar-refractivity contribution is 0.237. The predicted molar refractivity (Wildman–Crippen MR) is 109 cm³/mol. The third-order valence-electron chi connectivity index (χ3n) is 5.70. The summed E-state index contributed by atoms with van der Waals surface area (Å²) in [4.78, 5) is 0.309. The molecule has 1 aliphatic heterocycles. The van der Waals surface area contributed by atoms with Crippen LogP contribution in [0.3, 0.4) is 0 Å². The van der Waals surface area contributed by atoms with E-state index < -0.39 is 10.0 Å². The first-order valence-electron chi connectivity index (χ1n) is 9.41. The zero-order chi connectivity index (χ0) is 19.6. The number of hydrogen-bond donors (Lipinski definition) is 1. The number of piperidine rings is 1. The van der Waals surface area contributed by atoms with Gasteiger partial charge in [0.05, 0.1) is 10.6 Å². The van der Waals surface area contributed by atoms with Crippen molar-refractivity contribution in [3.05, 3.63) is 78.6 Å². The minimum Gasteiger partial charge on any atom is -0.330 e. The van der Waals surface area contributed by atoms with Crippen LogP contribution in [0.1, 0.15) is 18.4 Å². The SMILES string of the molecule is NCC1(c2ccccc2)CCN(S(=O)(=O)c2ccc(-n3cccn3)cc2)CC1. The highest BCUT2D eigenvalue weighted by atomic mass is 32.2. The molecule has 0 spiro atoms. The first kappa shape index (κ1) is 18.9. The summed E-state index contributed by atoms with van der Waals surface area (Å²) in [5, 5.41) is 4.17. The highest BCUT2D eigenvalue weighted by Crippen LogP contribution is 2.36. The smallest absolute Gasteiger partial charge is 0.243 e. The van der Waals surface area contributed by atoms with E-state index in [1.165, 1.54) is 5.56 Å². The molecule has 146 valence electrons. The Balaban J connectivity index is 1.52. The van der Waals surface area contributed by atoms with E-state index in [2.05, 4.69) is 17.2 Å². The van der Waals surface area contributed by atoms with Crippen molar-refractivity contribution >= 4 is 10.0 Å². The lowest BCUT2D eigenvalue weighted by Crippen LogP contribution is -2.48. The second-order valence-electron chi connectivity index (χ2n) is 7.20. The van der Waals surface area contributed by atoms with Crippen LogP contribution in [0, 0.1) is 0 Å². The highest BCUT2D eigenvalue weighted by molar-refractivity contribution is 7.89. The van der Waals surface area contributed by atoms with Crippen LogP contribution in [0.5, 0.6) is 0 Å². The summed E-state index contributed by atoms with van der Waals surface area (Å²) in [5.74, 6) is 0. The van der Waals surface area contributed by atoms with Crippen LogP contribution in [0.25, 0.3) is 5.69 Å². The summed E-state index contributed by atoms with van der Waals surface area (Å²) in [6.07, 6.45) is 4.95. The fourth-order valence-electron chi connectivity index (χ4n) is 3.90. The second kappa shape index (κ2) is 7.50. The van der Waals surface area contributed by atoms with E-state index in [-0.39, 0.29) is 5.41 Å².